The molecule has 1 nitrogen and oxygen atoms in total. The van der Waals surface area contributed by atoms with Gasteiger partial charge in [-0.15, -0.1) is 11.3 Å². The molecule has 21 heavy (non-hydrogen) atoms. The van der Waals surface area contributed by atoms with Crippen LogP contribution in [0.4, 0.5) is 4.39 Å². The minimum Gasteiger partial charge on any atom is -0.309 e. The second kappa shape index (κ2) is 5.93. The molecule has 0 saturated carbocycles. The summed E-state index contributed by atoms with van der Waals surface area (Å²) < 4.78 is 14.2. The topological polar surface area (TPSA) is 12.0 Å². The Labute approximate surface area is 136 Å². The van der Waals surface area contributed by atoms with Crippen molar-refractivity contribution in [3.8, 4) is 0 Å². The molecule has 0 fully saturated rings. The Bertz CT molecular complexity index is 800. The molecule has 0 aliphatic heterocycles. The molecule has 0 aliphatic carbocycles. The Morgan fingerprint density at radius 2 is 1.90 bits per heavy atom. The third kappa shape index (κ3) is 2.92. The number of hydrogen-bond acceptors (Lipinski definition) is 2. The molecule has 1 atom stereocenters. The van der Waals surface area contributed by atoms with E-state index in [-0.39, 0.29) is 11.9 Å². The maximum atomic E-state index is 13.3. The average Bonchev–Trinajstić information content (AvgIpc) is 2.84. The minimum absolute atomic E-state index is 0.0461. The van der Waals surface area contributed by atoms with E-state index in [2.05, 4.69) is 11.4 Å². The Balaban J connectivity index is 2.09. The van der Waals surface area contributed by atoms with Gasteiger partial charge in [0.1, 0.15) is 5.82 Å². The van der Waals surface area contributed by atoms with Crippen LogP contribution in [0, 0.1) is 5.82 Å². The van der Waals surface area contributed by atoms with E-state index >= 15 is 0 Å². The van der Waals surface area contributed by atoms with Gasteiger partial charge < -0.3 is 5.32 Å². The van der Waals surface area contributed by atoms with Gasteiger partial charge >= 0.3 is 0 Å². The summed E-state index contributed by atoms with van der Waals surface area (Å²) >= 11 is 13.8. The zero-order valence-corrected chi connectivity index (χ0v) is 13.5. The van der Waals surface area contributed by atoms with Gasteiger partial charge in [-0.25, -0.2) is 4.39 Å². The quantitative estimate of drug-likeness (QED) is 0.649. The Morgan fingerprint density at radius 3 is 2.62 bits per heavy atom. The maximum Gasteiger partial charge on any atom is 0.124 e. The standard InChI is InChI=1S/C16H12Cl2FNS/c1-20-16(12-5-3-10(17)7-13(12)18)15-6-9-2-4-11(19)8-14(9)21-15/h2-8,16,20H,1H3. The van der Waals surface area contributed by atoms with Crippen molar-refractivity contribution in [2.45, 2.75) is 6.04 Å². The summed E-state index contributed by atoms with van der Waals surface area (Å²) in [6, 6.07) is 12.3. The first-order valence-corrected chi connectivity index (χ1v) is 7.97. The highest BCUT2D eigenvalue weighted by Gasteiger charge is 2.18. The molecule has 1 aromatic heterocycles. The number of rotatable bonds is 3. The molecule has 0 amide bonds. The largest absolute Gasteiger partial charge is 0.309 e. The van der Waals surface area contributed by atoms with Gasteiger partial charge in [-0.1, -0.05) is 35.3 Å². The molecular weight excluding hydrogens is 328 g/mol. The molecule has 3 aromatic rings. The average molecular weight is 340 g/mol. The van der Waals surface area contributed by atoms with E-state index in [9.17, 15) is 4.39 Å². The number of nitrogens with one attached hydrogen (secondary N) is 1. The van der Waals surface area contributed by atoms with E-state index in [1.165, 1.54) is 6.07 Å². The van der Waals surface area contributed by atoms with Gasteiger partial charge in [0.15, 0.2) is 0 Å². The van der Waals surface area contributed by atoms with Crippen molar-refractivity contribution in [1.29, 1.82) is 0 Å². The van der Waals surface area contributed by atoms with Crippen molar-refractivity contribution in [3.05, 3.63) is 68.8 Å². The lowest BCUT2D eigenvalue weighted by Crippen LogP contribution is -2.16. The van der Waals surface area contributed by atoms with Gasteiger partial charge in [0, 0.05) is 19.6 Å². The second-order valence-electron chi connectivity index (χ2n) is 4.72. The highest BCUT2D eigenvalue weighted by molar-refractivity contribution is 7.19. The summed E-state index contributed by atoms with van der Waals surface area (Å²) in [5, 5.41) is 5.51. The van der Waals surface area contributed by atoms with E-state index < -0.39 is 0 Å². The molecule has 0 saturated heterocycles. The van der Waals surface area contributed by atoms with Crippen LogP contribution >= 0.6 is 34.5 Å². The Hall–Kier alpha value is -1.13. The summed E-state index contributed by atoms with van der Waals surface area (Å²) in [6.45, 7) is 0. The summed E-state index contributed by atoms with van der Waals surface area (Å²) in [5.41, 5.74) is 0.954. The molecule has 1 N–H and O–H groups in total. The number of halogens is 3. The van der Waals surface area contributed by atoms with Crippen molar-refractivity contribution < 1.29 is 4.39 Å². The minimum atomic E-state index is -0.221. The molecular formula is C16H12Cl2FNS. The van der Waals surface area contributed by atoms with Crippen LogP contribution < -0.4 is 5.32 Å². The summed E-state index contributed by atoms with van der Waals surface area (Å²) in [6.07, 6.45) is 0. The molecule has 2 aromatic carbocycles. The molecule has 1 unspecified atom stereocenters. The highest BCUT2D eigenvalue weighted by atomic mass is 35.5. The van der Waals surface area contributed by atoms with Gasteiger partial charge in [-0.05, 0) is 48.3 Å². The molecule has 5 heteroatoms. The first kappa shape index (κ1) is 14.8. The van der Waals surface area contributed by atoms with E-state index in [0.717, 1.165) is 20.5 Å². The van der Waals surface area contributed by atoms with Crippen LogP contribution in [-0.2, 0) is 0 Å². The van der Waals surface area contributed by atoms with Gasteiger partial charge in [0.2, 0.25) is 0 Å². The van der Waals surface area contributed by atoms with E-state index in [1.54, 1.807) is 29.5 Å². The zero-order valence-electron chi connectivity index (χ0n) is 11.2. The lowest BCUT2D eigenvalue weighted by atomic mass is 10.0. The fourth-order valence-electron chi connectivity index (χ4n) is 2.35. The smallest absolute Gasteiger partial charge is 0.124 e. The van der Waals surface area contributed by atoms with Crippen molar-refractivity contribution in [3.63, 3.8) is 0 Å². The lowest BCUT2D eigenvalue weighted by molar-refractivity contribution is 0.630. The van der Waals surface area contributed by atoms with Crippen LogP contribution in [0.15, 0.2) is 42.5 Å². The molecule has 108 valence electrons. The van der Waals surface area contributed by atoms with Crippen LogP contribution in [0.5, 0.6) is 0 Å². The summed E-state index contributed by atoms with van der Waals surface area (Å²) in [4.78, 5) is 1.09. The van der Waals surface area contributed by atoms with Crippen LogP contribution in [-0.4, -0.2) is 7.05 Å². The molecule has 3 rings (SSSR count). The number of fused-ring (bicyclic) bond motifs is 1. The Morgan fingerprint density at radius 1 is 1.10 bits per heavy atom. The van der Waals surface area contributed by atoms with Crippen molar-refractivity contribution >= 4 is 44.6 Å². The van der Waals surface area contributed by atoms with Crippen molar-refractivity contribution in [2.75, 3.05) is 7.05 Å². The lowest BCUT2D eigenvalue weighted by Gasteiger charge is -2.16. The number of benzene rings is 2. The van der Waals surface area contributed by atoms with Crippen molar-refractivity contribution in [2.24, 2.45) is 0 Å². The SMILES string of the molecule is CNC(c1cc2ccc(F)cc2s1)c1ccc(Cl)cc1Cl. The fourth-order valence-corrected chi connectivity index (χ4v) is 4.09. The summed E-state index contributed by atoms with van der Waals surface area (Å²) in [5.74, 6) is -0.221. The molecule has 0 bridgehead atoms. The highest BCUT2D eigenvalue weighted by Crippen LogP contribution is 2.36. The third-order valence-electron chi connectivity index (χ3n) is 3.35. The monoisotopic (exact) mass is 339 g/mol. The van der Waals surface area contributed by atoms with E-state index in [1.807, 2.05) is 19.2 Å². The number of thiophene rings is 1. The van der Waals surface area contributed by atoms with Crippen molar-refractivity contribution in [1.82, 2.24) is 5.32 Å². The molecule has 0 radical (unpaired) electrons. The first-order chi connectivity index (χ1) is 10.1. The number of hydrogen-bond donors (Lipinski definition) is 1. The van der Waals surface area contributed by atoms with Crippen LogP contribution in [0.3, 0.4) is 0 Å². The summed E-state index contributed by atoms with van der Waals surface area (Å²) in [7, 11) is 1.88. The van der Waals surface area contributed by atoms with Gasteiger partial charge in [0.05, 0.1) is 6.04 Å². The van der Waals surface area contributed by atoms with Crippen LogP contribution in [0.2, 0.25) is 10.0 Å². The zero-order chi connectivity index (χ0) is 15.0. The van der Waals surface area contributed by atoms with Gasteiger partial charge in [0.25, 0.3) is 0 Å². The van der Waals surface area contributed by atoms with Gasteiger partial charge in [-0.2, -0.15) is 0 Å². The van der Waals surface area contributed by atoms with E-state index in [4.69, 9.17) is 23.2 Å². The third-order valence-corrected chi connectivity index (χ3v) is 5.07. The van der Waals surface area contributed by atoms with Crippen LogP contribution in [0.25, 0.3) is 10.1 Å². The first-order valence-electron chi connectivity index (χ1n) is 6.39. The van der Waals surface area contributed by atoms with E-state index in [0.29, 0.717) is 10.0 Å². The predicted molar refractivity (Wildman–Crippen MR) is 89.1 cm³/mol. The molecule has 1 heterocycles. The van der Waals surface area contributed by atoms with Crippen LogP contribution in [0.1, 0.15) is 16.5 Å². The second-order valence-corrected chi connectivity index (χ2v) is 6.68. The fraction of sp³-hybridized carbons (Fsp3) is 0.125. The normalized spacial score (nSPS) is 12.8. The maximum absolute atomic E-state index is 13.3. The Kier molecular flexibility index (Phi) is 4.18. The van der Waals surface area contributed by atoms with Gasteiger partial charge in [-0.3, -0.25) is 0 Å². The molecule has 0 spiro atoms. The molecule has 0 aliphatic rings. The predicted octanol–water partition coefficient (Wildman–Crippen LogP) is 5.66.